The highest BCUT2D eigenvalue weighted by molar-refractivity contribution is 7.80. The van der Waals surface area contributed by atoms with Crippen LogP contribution in [-0.2, 0) is 4.79 Å². The van der Waals surface area contributed by atoms with E-state index in [9.17, 15) is 4.79 Å². The van der Waals surface area contributed by atoms with Crippen LogP contribution in [0.5, 0.6) is 0 Å². The molecule has 102 valence electrons. The molecule has 0 atom stereocenters. The van der Waals surface area contributed by atoms with Crippen molar-refractivity contribution in [1.29, 1.82) is 0 Å². The van der Waals surface area contributed by atoms with E-state index < -0.39 is 0 Å². The highest BCUT2D eigenvalue weighted by Crippen LogP contribution is 2.36. The lowest BCUT2D eigenvalue weighted by Crippen LogP contribution is -2.35. The van der Waals surface area contributed by atoms with Gasteiger partial charge in [-0.2, -0.15) is 0 Å². The van der Waals surface area contributed by atoms with Crippen LogP contribution < -0.4 is 11.1 Å². The first-order valence-electron chi connectivity index (χ1n) is 6.73. The zero-order chi connectivity index (χ0) is 13.9. The molecule has 1 aliphatic rings. The predicted molar refractivity (Wildman–Crippen MR) is 82.2 cm³/mol. The minimum atomic E-state index is -0.222. The molecule has 0 saturated heterocycles. The van der Waals surface area contributed by atoms with E-state index in [1.165, 1.54) is 6.42 Å². The van der Waals surface area contributed by atoms with Gasteiger partial charge in [0.05, 0.1) is 0 Å². The first-order chi connectivity index (χ1) is 9.01. The number of hydrogen-bond acceptors (Lipinski definition) is 2. The van der Waals surface area contributed by atoms with Crippen LogP contribution in [0.1, 0.15) is 44.6 Å². The molecular weight excluding hydrogens is 256 g/mol. The fraction of sp³-hybridized carbons (Fsp3) is 0.467. The standard InChI is InChI=1S/C15H20N2OS/c1-15(9-3-2-4-10-15)14(18)17-12-7-5-11(6-8-12)13(16)19/h5-8H,2-4,9-10H2,1H3,(H2,16,19)(H,17,18). The molecule has 1 aliphatic carbocycles. The van der Waals surface area contributed by atoms with E-state index in [2.05, 4.69) is 12.2 Å². The Morgan fingerprint density at radius 1 is 1.21 bits per heavy atom. The van der Waals surface area contributed by atoms with Crippen molar-refractivity contribution in [3.8, 4) is 0 Å². The number of nitrogens with two attached hydrogens (primary N) is 1. The van der Waals surface area contributed by atoms with Crippen LogP contribution in [0.25, 0.3) is 0 Å². The van der Waals surface area contributed by atoms with Crippen molar-refractivity contribution in [2.24, 2.45) is 11.1 Å². The average molecular weight is 276 g/mol. The summed E-state index contributed by atoms with van der Waals surface area (Å²) in [6.07, 6.45) is 5.48. The molecule has 1 aromatic carbocycles. The van der Waals surface area contributed by atoms with E-state index in [1.807, 2.05) is 24.3 Å². The van der Waals surface area contributed by atoms with Gasteiger partial charge in [-0.05, 0) is 37.1 Å². The van der Waals surface area contributed by atoms with Crippen LogP contribution in [0, 0.1) is 5.41 Å². The molecule has 1 amide bonds. The van der Waals surface area contributed by atoms with Gasteiger partial charge in [0, 0.05) is 16.7 Å². The second-order valence-corrected chi connectivity index (χ2v) is 5.96. The van der Waals surface area contributed by atoms with E-state index in [-0.39, 0.29) is 11.3 Å². The van der Waals surface area contributed by atoms with Crippen LogP contribution >= 0.6 is 12.2 Å². The third kappa shape index (κ3) is 3.32. The quantitative estimate of drug-likeness (QED) is 0.833. The minimum absolute atomic E-state index is 0.121. The van der Waals surface area contributed by atoms with Crippen molar-refractivity contribution in [2.45, 2.75) is 39.0 Å². The Bertz CT molecular complexity index is 475. The van der Waals surface area contributed by atoms with E-state index in [0.717, 1.165) is 36.9 Å². The summed E-state index contributed by atoms with van der Waals surface area (Å²) in [7, 11) is 0. The van der Waals surface area contributed by atoms with Crippen molar-refractivity contribution >= 4 is 28.8 Å². The fourth-order valence-corrected chi connectivity index (χ4v) is 2.70. The van der Waals surface area contributed by atoms with E-state index >= 15 is 0 Å². The lowest BCUT2D eigenvalue weighted by atomic mass is 9.75. The second kappa shape index (κ2) is 5.70. The summed E-state index contributed by atoms with van der Waals surface area (Å²) in [5.74, 6) is 0.121. The molecule has 0 aliphatic heterocycles. The molecule has 1 fully saturated rings. The lowest BCUT2D eigenvalue weighted by molar-refractivity contribution is -0.126. The molecule has 1 saturated carbocycles. The van der Waals surface area contributed by atoms with Crippen molar-refractivity contribution in [3.05, 3.63) is 29.8 Å². The summed E-state index contributed by atoms with van der Waals surface area (Å²) in [5.41, 5.74) is 6.94. The predicted octanol–water partition coefficient (Wildman–Crippen LogP) is 3.23. The van der Waals surface area contributed by atoms with Crippen molar-refractivity contribution in [2.75, 3.05) is 5.32 Å². The van der Waals surface area contributed by atoms with Crippen LogP contribution in [-0.4, -0.2) is 10.9 Å². The third-order valence-corrected chi connectivity index (χ3v) is 4.17. The largest absolute Gasteiger partial charge is 0.389 e. The molecule has 0 radical (unpaired) electrons. The number of thiocarbonyl (C=S) groups is 1. The van der Waals surface area contributed by atoms with Crippen LogP contribution in [0.15, 0.2) is 24.3 Å². The summed E-state index contributed by atoms with van der Waals surface area (Å²) in [5, 5.41) is 3.00. The Kier molecular flexibility index (Phi) is 4.20. The molecule has 0 spiro atoms. The first-order valence-corrected chi connectivity index (χ1v) is 7.13. The molecule has 3 nitrogen and oxygen atoms in total. The number of carbonyl (C=O) groups excluding carboxylic acids is 1. The van der Waals surface area contributed by atoms with Crippen LogP contribution in [0.4, 0.5) is 5.69 Å². The molecular formula is C15H20N2OS. The summed E-state index contributed by atoms with van der Waals surface area (Å²) >= 11 is 4.90. The number of rotatable bonds is 3. The first kappa shape index (κ1) is 14.0. The van der Waals surface area contributed by atoms with Gasteiger partial charge in [-0.3, -0.25) is 4.79 Å². The van der Waals surface area contributed by atoms with Gasteiger partial charge in [0.2, 0.25) is 5.91 Å². The lowest BCUT2D eigenvalue weighted by Gasteiger charge is -2.32. The molecule has 1 aromatic rings. The Labute approximate surface area is 119 Å². The molecule has 0 unspecified atom stereocenters. The van der Waals surface area contributed by atoms with Crippen molar-refractivity contribution in [3.63, 3.8) is 0 Å². The van der Waals surface area contributed by atoms with Gasteiger partial charge in [0.25, 0.3) is 0 Å². The molecule has 19 heavy (non-hydrogen) atoms. The Balaban J connectivity index is 2.04. The molecule has 0 bridgehead atoms. The minimum Gasteiger partial charge on any atom is -0.389 e. The van der Waals surface area contributed by atoms with Gasteiger partial charge in [0.1, 0.15) is 4.99 Å². The highest BCUT2D eigenvalue weighted by Gasteiger charge is 2.34. The normalized spacial score (nSPS) is 17.7. The topological polar surface area (TPSA) is 55.1 Å². The maximum absolute atomic E-state index is 12.3. The highest BCUT2D eigenvalue weighted by atomic mass is 32.1. The van der Waals surface area contributed by atoms with Gasteiger partial charge in [-0.1, -0.05) is 38.4 Å². The zero-order valence-electron chi connectivity index (χ0n) is 11.2. The Morgan fingerprint density at radius 3 is 2.32 bits per heavy atom. The Morgan fingerprint density at radius 2 is 1.79 bits per heavy atom. The Hall–Kier alpha value is -1.42. The maximum atomic E-state index is 12.3. The number of anilines is 1. The van der Waals surface area contributed by atoms with Gasteiger partial charge >= 0.3 is 0 Å². The second-order valence-electron chi connectivity index (χ2n) is 5.52. The van der Waals surface area contributed by atoms with Gasteiger partial charge < -0.3 is 11.1 Å². The van der Waals surface area contributed by atoms with Crippen LogP contribution in [0.2, 0.25) is 0 Å². The number of nitrogens with one attached hydrogen (secondary N) is 1. The number of hydrogen-bond donors (Lipinski definition) is 2. The average Bonchev–Trinajstić information content (AvgIpc) is 2.40. The van der Waals surface area contributed by atoms with E-state index in [1.54, 1.807) is 0 Å². The van der Waals surface area contributed by atoms with Gasteiger partial charge in [-0.15, -0.1) is 0 Å². The summed E-state index contributed by atoms with van der Waals surface area (Å²) in [6, 6.07) is 7.36. The number of carbonyl (C=O) groups is 1. The maximum Gasteiger partial charge on any atom is 0.230 e. The van der Waals surface area contributed by atoms with Crippen LogP contribution in [0.3, 0.4) is 0 Å². The molecule has 2 rings (SSSR count). The number of amides is 1. The zero-order valence-corrected chi connectivity index (χ0v) is 12.1. The summed E-state index contributed by atoms with van der Waals surface area (Å²) in [6.45, 7) is 2.06. The van der Waals surface area contributed by atoms with Gasteiger partial charge in [0.15, 0.2) is 0 Å². The van der Waals surface area contributed by atoms with E-state index in [0.29, 0.717) is 4.99 Å². The summed E-state index contributed by atoms with van der Waals surface area (Å²) in [4.78, 5) is 12.7. The molecule has 0 aromatic heterocycles. The molecule has 3 N–H and O–H groups in total. The van der Waals surface area contributed by atoms with Crippen molar-refractivity contribution < 1.29 is 4.79 Å². The smallest absolute Gasteiger partial charge is 0.230 e. The molecule has 4 heteroatoms. The van der Waals surface area contributed by atoms with E-state index in [4.69, 9.17) is 18.0 Å². The van der Waals surface area contributed by atoms with Crippen molar-refractivity contribution in [1.82, 2.24) is 0 Å². The molecule has 0 heterocycles. The fourth-order valence-electron chi connectivity index (χ4n) is 2.56. The summed E-state index contributed by atoms with van der Waals surface area (Å²) < 4.78 is 0. The number of benzene rings is 1. The van der Waals surface area contributed by atoms with Gasteiger partial charge in [-0.25, -0.2) is 0 Å². The third-order valence-electron chi connectivity index (χ3n) is 3.93. The monoisotopic (exact) mass is 276 g/mol. The SMILES string of the molecule is CC1(C(=O)Nc2ccc(C(N)=S)cc2)CCCCC1.